The number of nitrogens with zero attached hydrogens (tertiary/aromatic N) is 3. The molecule has 16 heavy (non-hydrogen) atoms. The lowest BCUT2D eigenvalue weighted by molar-refractivity contribution is 0.246. The summed E-state index contributed by atoms with van der Waals surface area (Å²) in [7, 11) is 2.09. The topological polar surface area (TPSA) is 21.1 Å². The third kappa shape index (κ3) is 3.18. The van der Waals surface area contributed by atoms with Crippen molar-refractivity contribution in [2.45, 2.75) is 13.2 Å². The van der Waals surface area contributed by atoms with Crippen molar-refractivity contribution in [3.63, 3.8) is 0 Å². The van der Waals surface area contributed by atoms with Gasteiger partial charge < -0.3 is 0 Å². The summed E-state index contributed by atoms with van der Waals surface area (Å²) < 4.78 is 2.92. The average molecular weight is 280 g/mol. The maximum atomic E-state index is 4.23. The molecule has 0 fully saturated rings. The summed E-state index contributed by atoms with van der Waals surface area (Å²) in [5.41, 5.74) is 1.32. The Morgan fingerprint density at radius 1 is 1.31 bits per heavy atom. The van der Waals surface area contributed by atoms with E-state index < -0.39 is 0 Å². The van der Waals surface area contributed by atoms with Crippen molar-refractivity contribution in [2.75, 3.05) is 7.05 Å². The first-order valence-electron chi connectivity index (χ1n) is 5.14. The van der Waals surface area contributed by atoms with Crippen LogP contribution in [0.25, 0.3) is 0 Å². The standard InChI is InChI=1S/C12H14BrN3/c1-15(8-11-5-3-2-4-6-11)10-16-9-12(13)7-14-16/h2-7,9H,8,10H2,1H3. The van der Waals surface area contributed by atoms with Gasteiger partial charge in [0.05, 0.1) is 17.3 Å². The van der Waals surface area contributed by atoms with Crippen LogP contribution in [0.2, 0.25) is 0 Å². The second kappa shape index (κ2) is 5.27. The van der Waals surface area contributed by atoms with E-state index in [1.54, 1.807) is 6.20 Å². The molecule has 0 unspecified atom stereocenters. The minimum Gasteiger partial charge on any atom is -0.283 e. The average Bonchev–Trinajstić information content (AvgIpc) is 2.65. The fourth-order valence-electron chi connectivity index (χ4n) is 1.61. The van der Waals surface area contributed by atoms with Gasteiger partial charge in [0.1, 0.15) is 0 Å². The molecule has 0 aliphatic carbocycles. The highest BCUT2D eigenvalue weighted by Gasteiger charge is 2.01. The van der Waals surface area contributed by atoms with Crippen LogP contribution in [0.15, 0.2) is 47.2 Å². The Bertz CT molecular complexity index is 439. The van der Waals surface area contributed by atoms with E-state index >= 15 is 0 Å². The molecule has 0 radical (unpaired) electrons. The largest absolute Gasteiger partial charge is 0.283 e. The van der Waals surface area contributed by atoms with Crippen LogP contribution in [0, 0.1) is 0 Å². The molecule has 0 atom stereocenters. The van der Waals surface area contributed by atoms with Gasteiger partial charge in [0.25, 0.3) is 0 Å². The van der Waals surface area contributed by atoms with Crippen LogP contribution >= 0.6 is 15.9 Å². The molecule has 84 valence electrons. The number of aromatic nitrogens is 2. The number of halogens is 1. The van der Waals surface area contributed by atoms with E-state index in [4.69, 9.17) is 0 Å². The third-order valence-corrected chi connectivity index (χ3v) is 2.69. The van der Waals surface area contributed by atoms with E-state index in [1.807, 2.05) is 16.9 Å². The van der Waals surface area contributed by atoms with Crippen LogP contribution in [0.3, 0.4) is 0 Å². The molecule has 3 nitrogen and oxygen atoms in total. The molecule has 1 aromatic heterocycles. The van der Waals surface area contributed by atoms with Crippen LogP contribution in [0.5, 0.6) is 0 Å². The molecule has 0 bridgehead atoms. The summed E-state index contributed by atoms with van der Waals surface area (Å²) in [6, 6.07) is 10.4. The normalized spacial score (nSPS) is 10.9. The van der Waals surface area contributed by atoms with Gasteiger partial charge in [-0.3, -0.25) is 9.58 Å². The van der Waals surface area contributed by atoms with Crippen LogP contribution in [-0.4, -0.2) is 21.7 Å². The van der Waals surface area contributed by atoms with Gasteiger partial charge in [0.2, 0.25) is 0 Å². The van der Waals surface area contributed by atoms with E-state index in [1.165, 1.54) is 5.56 Å². The Morgan fingerprint density at radius 2 is 2.06 bits per heavy atom. The summed E-state index contributed by atoms with van der Waals surface area (Å²) >= 11 is 3.39. The van der Waals surface area contributed by atoms with Gasteiger partial charge in [-0.2, -0.15) is 5.10 Å². The Balaban J connectivity index is 1.92. The molecule has 0 spiro atoms. The Hall–Kier alpha value is -1.13. The van der Waals surface area contributed by atoms with Gasteiger partial charge in [-0.1, -0.05) is 30.3 Å². The van der Waals surface area contributed by atoms with Crippen LogP contribution in [-0.2, 0) is 13.2 Å². The highest BCUT2D eigenvalue weighted by molar-refractivity contribution is 9.10. The maximum absolute atomic E-state index is 4.23. The first-order chi connectivity index (χ1) is 7.74. The molecule has 0 saturated carbocycles. The molecule has 0 saturated heterocycles. The second-order valence-corrected chi connectivity index (χ2v) is 4.75. The van der Waals surface area contributed by atoms with E-state index in [0.29, 0.717) is 0 Å². The fourth-order valence-corrected chi connectivity index (χ4v) is 1.94. The van der Waals surface area contributed by atoms with Gasteiger partial charge in [-0.25, -0.2) is 0 Å². The summed E-state index contributed by atoms with van der Waals surface area (Å²) in [5.74, 6) is 0. The molecule has 1 heterocycles. The van der Waals surface area contributed by atoms with Crippen molar-refractivity contribution in [1.29, 1.82) is 0 Å². The van der Waals surface area contributed by atoms with Gasteiger partial charge >= 0.3 is 0 Å². The molecule has 1 aromatic carbocycles. The Labute approximate surface area is 104 Å². The quantitative estimate of drug-likeness (QED) is 0.858. The molecule has 0 N–H and O–H groups in total. The first kappa shape index (κ1) is 11.4. The van der Waals surface area contributed by atoms with Crippen molar-refractivity contribution >= 4 is 15.9 Å². The first-order valence-corrected chi connectivity index (χ1v) is 5.94. The van der Waals surface area contributed by atoms with Gasteiger partial charge in [0.15, 0.2) is 0 Å². The molecule has 0 aliphatic rings. The lowest BCUT2D eigenvalue weighted by Gasteiger charge is -2.16. The van der Waals surface area contributed by atoms with Gasteiger partial charge in [-0.05, 0) is 28.5 Å². The Kier molecular flexibility index (Phi) is 3.74. The van der Waals surface area contributed by atoms with Crippen molar-refractivity contribution < 1.29 is 0 Å². The van der Waals surface area contributed by atoms with E-state index in [2.05, 4.69) is 57.2 Å². The lowest BCUT2D eigenvalue weighted by atomic mass is 10.2. The SMILES string of the molecule is CN(Cc1ccccc1)Cn1cc(Br)cn1. The summed E-state index contributed by atoms with van der Waals surface area (Å²) in [5, 5.41) is 4.23. The monoisotopic (exact) mass is 279 g/mol. The van der Waals surface area contributed by atoms with Crippen molar-refractivity contribution in [2.24, 2.45) is 0 Å². The second-order valence-electron chi connectivity index (χ2n) is 3.84. The zero-order chi connectivity index (χ0) is 11.4. The number of rotatable bonds is 4. The van der Waals surface area contributed by atoms with Crippen LogP contribution < -0.4 is 0 Å². The summed E-state index contributed by atoms with van der Waals surface area (Å²) in [6.07, 6.45) is 3.78. The minimum atomic E-state index is 0.792. The molecule has 4 heteroatoms. The predicted octanol–water partition coefficient (Wildman–Crippen LogP) is 2.74. The number of hydrogen-bond donors (Lipinski definition) is 0. The van der Waals surface area contributed by atoms with Crippen molar-refractivity contribution in [3.8, 4) is 0 Å². The van der Waals surface area contributed by atoms with E-state index in [0.717, 1.165) is 17.7 Å². The smallest absolute Gasteiger partial charge is 0.0929 e. The number of hydrogen-bond acceptors (Lipinski definition) is 2. The van der Waals surface area contributed by atoms with Crippen LogP contribution in [0.1, 0.15) is 5.56 Å². The zero-order valence-corrected chi connectivity index (χ0v) is 10.8. The molecule has 0 aliphatic heterocycles. The molecule has 0 amide bonds. The van der Waals surface area contributed by atoms with E-state index in [9.17, 15) is 0 Å². The zero-order valence-electron chi connectivity index (χ0n) is 9.18. The summed E-state index contributed by atoms with van der Waals surface area (Å²) in [4.78, 5) is 2.22. The van der Waals surface area contributed by atoms with E-state index in [-0.39, 0.29) is 0 Å². The summed E-state index contributed by atoms with van der Waals surface area (Å²) in [6.45, 7) is 1.72. The predicted molar refractivity (Wildman–Crippen MR) is 67.8 cm³/mol. The minimum absolute atomic E-state index is 0.792. The highest BCUT2D eigenvalue weighted by Crippen LogP contribution is 2.08. The van der Waals surface area contributed by atoms with Crippen LogP contribution in [0.4, 0.5) is 0 Å². The van der Waals surface area contributed by atoms with Crippen molar-refractivity contribution in [1.82, 2.24) is 14.7 Å². The molecular formula is C12H14BrN3. The molecule has 2 rings (SSSR count). The molecule has 2 aromatic rings. The fraction of sp³-hybridized carbons (Fsp3) is 0.250. The number of benzene rings is 1. The molecular weight excluding hydrogens is 266 g/mol. The highest BCUT2D eigenvalue weighted by atomic mass is 79.9. The van der Waals surface area contributed by atoms with Gasteiger partial charge in [0, 0.05) is 12.7 Å². The lowest BCUT2D eigenvalue weighted by Crippen LogP contribution is -2.21. The Morgan fingerprint density at radius 3 is 2.69 bits per heavy atom. The van der Waals surface area contributed by atoms with Crippen molar-refractivity contribution in [3.05, 3.63) is 52.8 Å². The van der Waals surface area contributed by atoms with Gasteiger partial charge in [-0.15, -0.1) is 0 Å². The third-order valence-electron chi connectivity index (χ3n) is 2.28. The maximum Gasteiger partial charge on any atom is 0.0929 e.